The van der Waals surface area contributed by atoms with Crippen molar-refractivity contribution in [2.45, 2.75) is 33.3 Å². The number of rotatable bonds is 6. The fraction of sp³-hybridized carbons (Fsp3) is 0.318. The first-order chi connectivity index (χ1) is 13.3. The quantitative estimate of drug-likeness (QED) is 0.512. The molecule has 0 aliphatic carbocycles. The van der Waals surface area contributed by atoms with Crippen LogP contribution < -0.4 is 0 Å². The number of carbonyl (C=O) groups is 3. The van der Waals surface area contributed by atoms with E-state index in [1.807, 2.05) is 19.9 Å². The van der Waals surface area contributed by atoms with Crippen molar-refractivity contribution in [3.05, 3.63) is 69.7 Å². The predicted molar refractivity (Wildman–Crippen MR) is 107 cm³/mol. The number of fused-ring (bicyclic) bond motifs is 1. The number of hydrogen-bond acceptors (Lipinski definition) is 4. The molecule has 28 heavy (non-hydrogen) atoms. The van der Waals surface area contributed by atoms with Crippen LogP contribution in [0.2, 0.25) is 5.02 Å². The molecule has 5 nitrogen and oxygen atoms in total. The molecule has 2 amide bonds. The maximum atomic E-state index is 12.6. The van der Waals surface area contributed by atoms with Gasteiger partial charge in [0.25, 0.3) is 11.8 Å². The van der Waals surface area contributed by atoms with Crippen LogP contribution in [0.3, 0.4) is 0 Å². The SMILES string of the molecule is CC(C)CCN1C(=O)c2ccc(C(=O)O[C@H](C)c3ccccc3Cl)cc2C1=O. The third-order valence-electron chi connectivity index (χ3n) is 4.76. The molecule has 6 heteroatoms. The van der Waals surface area contributed by atoms with Gasteiger partial charge in [-0.15, -0.1) is 0 Å². The number of hydrogen-bond donors (Lipinski definition) is 0. The summed E-state index contributed by atoms with van der Waals surface area (Å²) in [6, 6.07) is 11.6. The summed E-state index contributed by atoms with van der Waals surface area (Å²) >= 11 is 6.15. The Balaban J connectivity index is 1.78. The summed E-state index contributed by atoms with van der Waals surface area (Å²) in [5.74, 6) is -0.878. The van der Waals surface area contributed by atoms with Crippen LogP contribution >= 0.6 is 11.6 Å². The molecule has 1 aliphatic heterocycles. The number of imide groups is 1. The summed E-state index contributed by atoms with van der Waals surface area (Å²) in [5, 5.41) is 0.512. The van der Waals surface area contributed by atoms with E-state index in [-0.39, 0.29) is 22.9 Å². The fourth-order valence-corrected chi connectivity index (χ4v) is 3.39. The second-order valence-corrected chi connectivity index (χ2v) is 7.68. The second-order valence-electron chi connectivity index (χ2n) is 7.27. The molecule has 0 unspecified atom stereocenters. The summed E-state index contributed by atoms with van der Waals surface area (Å²) in [4.78, 5) is 38.9. The Morgan fingerprint density at radius 1 is 1.04 bits per heavy atom. The van der Waals surface area contributed by atoms with Gasteiger partial charge in [0.2, 0.25) is 0 Å². The van der Waals surface area contributed by atoms with E-state index in [0.717, 1.165) is 6.42 Å². The molecule has 0 saturated carbocycles. The van der Waals surface area contributed by atoms with Crippen molar-refractivity contribution >= 4 is 29.4 Å². The first kappa shape index (κ1) is 20.1. The minimum atomic E-state index is -0.573. The third-order valence-corrected chi connectivity index (χ3v) is 5.11. The summed E-state index contributed by atoms with van der Waals surface area (Å²) in [7, 11) is 0. The van der Waals surface area contributed by atoms with Crippen LogP contribution in [-0.2, 0) is 4.74 Å². The molecule has 1 aliphatic rings. The van der Waals surface area contributed by atoms with Gasteiger partial charge in [0.05, 0.1) is 16.7 Å². The maximum Gasteiger partial charge on any atom is 0.338 e. The summed E-state index contributed by atoms with van der Waals surface area (Å²) < 4.78 is 5.50. The highest BCUT2D eigenvalue weighted by atomic mass is 35.5. The Morgan fingerprint density at radius 2 is 1.71 bits per heavy atom. The molecule has 0 bridgehead atoms. The highest BCUT2D eigenvalue weighted by Crippen LogP contribution is 2.28. The molecular weight excluding hydrogens is 378 g/mol. The molecule has 3 rings (SSSR count). The van der Waals surface area contributed by atoms with Crippen molar-refractivity contribution in [3.63, 3.8) is 0 Å². The largest absolute Gasteiger partial charge is 0.454 e. The van der Waals surface area contributed by atoms with Gasteiger partial charge in [-0.05, 0) is 43.5 Å². The monoisotopic (exact) mass is 399 g/mol. The van der Waals surface area contributed by atoms with Crippen LogP contribution in [0.5, 0.6) is 0 Å². The Bertz CT molecular complexity index is 938. The average Bonchev–Trinajstić information content (AvgIpc) is 2.90. The van der Waals surface area contributed by atoms with Crippen molar-refractivity contribution < 1.29 is 19.1 Å². The Labute approximate surface area is 169 Å². The highest BCUT2D eigenvalue weighted by molar-refractivity contribution is 6.31. The van der Waals surface area contributed by atoms with Crippen molar-refractivity contribution in [3.8, 4) is 0 Å². The van der Waals surface area contributed by atoms with E-state index in [9.17, 15) is 14.4 Å². The number of halogens is 1. The van der Waals surface area contributed by atoms with Crippen LogP contribution in [0.4, 0.5) is 0 Å². The molecule has 0 radical (unpaired) electrons. The minimum absolute atomic E-state index is 0.226. The lowest BCUT2D eigenvalue weighted by atomic mass is 10.1. The molecular formula is C22H22ClNO4. The van der Waals surface area contributed by atoms with Crippen molar-refractivity contribution in [2.75, 3.05) is 6.54 Å². The van der Waals surface area contributed by atoms with Gasteiger partial charge in [-0.1, -0.05) is 43.6 Å². The zero-order valence-corrected chi connectivity index (χ0v) is 16.8. The van der Waals surface area contributed by atoms with E-state index in [0.29, 0.717) is 28.6 Å². The maximum absolute atomic E-state index is 12.6. The zero-order valence-electron chi connectivity index (χ0n) is 16.1. The van der Waals surface area contributed by atoms with Crippen LogP contribution in [0, 0.1) is 5.92 Å². The first-order valence-electron chi connectivity index (χ1n) is 9.25. The normalized spacial score (nSPS) is 14.4. The molecule has 0 spiro atoms. The van der Waals surface area contributed by atoms with Crippen LogP contribution in [0.25, 0.3) is 0 Å². The highest BCUT2D eigenvalue weighted by Gasteiger charge is 2.36. The van der Waals surface area contributed by atoms with Crippen LogP contribution in [0.1, 0.15) is 69.9 Å². The minimum Gasteiger partial charge on any atom is -0.454 e. The number of ether oxygens (including phenoxy) is 1. The van der Waals surface area contributed by atoms with Gasteiger partial charge < -0.3 is 4.74 Å². The molecule has 2 aromatic rings. The summed E-state index contributed by atoms with van der Waals surface area (Å²) in [5.41, 5.74) is 1.49. The Morgan fingerprint density at radius 3 is 2.39 bits per heavy atom. The smallest absolute Gasteiger partial charge is 0.338 e. The topological polar surface area (TPSA) is 63.7 Å². The van der Waals surface area contributed by atoms with Crippen LogP contribution in [-0.4, -0.2) is 29.2 Å². The van der Waals surface area contributed by atoms with Gasteiger partial charge in [0.1, 0.15) is 6.10 Å². The Hall–Kier alpha value is -2.66. The van der Waals surface area contributed by atoms with Crippen molar-refractivity contribution in [1.29, 1.82) is 0 Å². The summed E-state index contributed by atoms with van der Waals surface area (Å²) in [6.45, 7) is 6.17. The molecule has 2 aromatic carbocycles. The van der Waals surface area contributed by atoms with E-state index >= 15 is 0 Å². The zero-order chi connectivity index (χ0) is 20.4. The molecule has 146 valence electrons. The van der Waals surface area contributed by atoms with Gasteiger partial charge in [0, 0.05) is 17.1 Å². The lowest BCUT2D eigenvalue weighted by Crippen LogP contribution is -2.31. The van der Waals surface area contributed by atoms with E-state index in [1.165, 1.54) is 23.1 Å². The lowest BCUT2D eigenvalue weighted by Gasteiger charge is -2.15. The molecule has 1 atom stereocenters. The lowest BCUT2D eigenvalue weighted by molar-refractivity contribution is 0.0338. The standard InChI is InChI=1S/C22H22ClNO4/c1-13(2)10-11-24-20(25)17-9-8-15(12-18(17)21(24)26)22(27)28-14(3)16-6-4-5-7-19(16)23/h4-9,12-14H,10-11H2,1-3H3/t14-/m1/s1. The van der Waals surface area contributed by atoms with Gasteiger partial charge in [0.15, 0.2) is 0 Å². The second kappa shape index (κ2) is 8.15. The number of benzene rings is 2. The molecule has 0 aromatic heterocycles. The number of nitrogens with zero attached hydrogens (tertiary/aromatic N) is 1. The molecule has 0 saturated heterocycles. The number of amides is 2. The molecule has 1 heterocycles. The average molecular weight is 400 g/mol. The van der Waals surface area contributed by atoms with Gasteiger partial charge >= 0.3 is 5.97 Å². The number of carbonyl (C=O) groups excluding carboxylic acids is 3. The van der Waals surface area contributed by atoms with E-state index in [4.69, 9.17) is 16.3 Å². The molecule has 0 N–H and O–H groups in total. The first-order valence-corrected chi connectivity index (χ1v) is 9.63. The number of esters is 1. The van der Waals surface area contributed by atoms with Crippen molar-refractivity contribution in [2.24, 2.45) is 5.92 Å². The van der Waals surface area contributed by atoms with Crippen molar-refractivity contribution in [1.82, 2.24) is 4.90 Å². The van der Waals surface area contributed by atoms with E-state index < -0.39 is 12.1 Å². The predicted octanol–water partition coefficient (Wildman–Crippen LogP) is 4.90. The van der Waals surface area contributed by atoms with Gasteiger partial charge in [-0.2, -0.15) is 0 Å². The van der Waals surface area contributed by atoms with Gasteiger partial charge in [-0.3, -0.25) is 14.5 Å². The van der Waals surface area contributed by atoms with Gasteiger partial charge in [-0.25, -0.2) is 4.79 Å². The summed E-state index contributed by atoms with van der Waals surface area (Å²) in [6.07, 6.45) is 0.185. The van der Waals surface area contributed by atoms with E-state index in [2.05, 4.69) is 0 Å². The van der Waals surface area contributed by atoms with Crippen LogP contribution in [0.15, 0.2) is 42.5 Å². The third kappa shape index (κ3) is 3.94. The Kier molecular flexibility index (Phi) is 5.84. The molecule has 0 fully saturated rings. The van der Waals surface area contributed by atoms with E-state index in [1.54, 1.807) is 25.1 Å². The fourth-order valence-electron chi connectivity index (χ4n) is 3.10.